The molecular formula is C24H30FN3O4S. The first kappa shape index (κ1) is 23.7. The highest BCUT2D eigenvalue weighted by Crippen LogP contribution is 2.28. The van der Waals surface area contributed by atoms with E-state index in [1.165, 1.54) is 10.4 Å². The van der Waals surface area contributed by atoms with Gasteiger partial charge in [-0.25, -0.2) is 12.8 Å². The third kappa shape index (κ3) is 5.37. The zero-order valence-corrected chi connectivity index (χ0v) is 19.7. The van der Waals surface area contributed by atoms with Gasteiger partial charge in [-0.15, -0.1) is 0 Å². The predicted octanol–water partition coefficient (Wildman–Crippen LogP) is 3.48. The molecule has 3 atom stereocenters. The molecule has 2 aliphatic heterocycles. The van der Waals surface area contributed by atoms with Gasteiger partial charge in [0.15, 0.2) is 0 Å². The van der Waals surface area contributed by atoms with Gasteiger partial charge in [0, 0.05) is 31.9 Å². The topological polar surface area (TPSA) is 79.0 Å². The molecule has 0 saturated carbocycles. The van der Waals surface area contributed by atoms with Crippen molar-refractivity contribution >= 4 is 27.3 Å². The summed E-state index contributed by atoms with van der Waals surface area (Å²) in [6.45, 7) is 5.59. The van der Waals surface area contributed by atoms with Gasteiger partial charge in [-0.3, -0.25) is 4.79 Å². The van der Waals surface area contributed by atoms with Crippen LogP contribution in [-0.2, 0) is 19.6 Å². The number of nitrogens with zero attached hydrogens (tertiary/aromatic N) is 2. The number of morpholine rings is 1. The van der Waals surface area contributed by atoms with Gasteiger partial charge in [-0.1, -0.05) is 18.2 Å². The first-order chi connectivity index (χ1) is 15.7. The molecule has 0 bridgehead atoms. The van der Waals surface area contributed by atoms with Crippen LogP contribution >= 0.6 is 0 Å². The summed E-state index contributed by atoms with van der Waals surface area (Å²) < 4.78 is 47.8. The SMILES string of the molecule is CC1CN(c2ccc(NC(=O)C3CCCN(S(=O)(=O)c4ccccc4)C3)cc2F)CC(C)O1. The number of nitrogens with one attached hydrogen (secondary N) is 1. The first-order valence-corrected chi connectivity index (χ1v) is 12.7. The Hall–Kier alpha value is -2.49. The van der Waals surface area contributed by atoms with Crippen molar-refractivity contribution in [1.29, 1.82) is 0 Å². The van der Waals surface area contributed by atoms with Crippen LogP contribution in [0.25, 0.3) is 0 Å². The van der Waals surface area contributed by atoms with E-state index in [0.29, 0.717) is 43.9 Å². The van der Waals surface area contributed by atoms with Crippen molar-refractivity contribution in [2.24, 2.45) is 5.92 Å². The number of rotatable bonds is 5. The van der Waals surface area contributed by atoms with E-state index in [0.717, 1.165) is 0 Å². The van der Waals surface area contributed by atoms with E-state index < -0.39 is 21.8 Å². The summed E-state index contributed by atoms with van der Waals surface area (Å²) >= 11 is 0. The molecule has 2 aromatic rings. The molecule has 0 aromatic heterocycles. The van der Waals surface area contributed by atoms with Gasteiger partial charge in [0.1, 0.15) is 5.82 Å². The minimum absolute atomic E-state index is 0.00828. The molecule has 4 rings (SSSR count). The van der Waals surface area contributed by atoms with Crippen LogP contribution in [0.4, 0.5) is 15.8 Å². The fourth-order valence-corrected chi connectivity index (χ4v) is 6.12. The van der Waals surface area contributed by atoms with Crippen LogP contribution in [0.5, 0.6) is 0 Å². The lowest BCUT2D eigenvalue weighted by molar-refractivity contribution is -0.120. The van der Waals surface area contributed by atoms with E-state index in [4.69, 9.17) is 4.74 Å². The number of carbonyl (C=O) groups excluding carboxylic acids is 1. The number of sulfonamides is 1. The van der Waals surface area contributed by atoms with Gasteiger partial charge in [0.2, 0.25) is 15.9 Å². The largest absolute Gasteiger partial charge is 0.372 e. The number of hydrogen-bond acceptors (Lipinski definition) is 5. The minimum Gasteiger partial charge on any atom is -0.372 e. The fraction of sp³-hybridized carbons (Fsp3) is 0.458. The molecule has 1 amide bonds. The number of anilines is 2. The Kier molecular flexibility index (Phi) is 7.02. The summed E-state index contributed by atoms with van der Waals surface area (Å²) in [6.07, 6.45) is 1.18. The van der Waals surface area contributed by atoms with Crippen molar-refractivity contribution in [3.8, 4) is 0 Å². The monoisotopic (exact) mass is 475 g/mol. The molecule has 178 valence electrons. The van der Waals surface area contributed by atoms with E-state index in [1.54, 1.807) is 42.5 Å². The Morgan fingerprint density at radius 3 is 2.42 bits per heavy atom. The molecule has 0 aliphatic carbocycles. The molecule has 33 heavy (non-hydrogen) atoms. The predicted molar refractivity (Wildman–Crippen MR) is 125 cm³/mol. The number of ether oxygens (including phenoxy) is 1. The normalized spacial score (nSPS) is 24.5. The summed E-state index contributed by atoms with van der Waals surface area (Å²) in [6, 6.07) is 12.9. The number of hydrogen-bond donors (Lipinski definition) is 1. The molecule has 3 unspecified atom stereocenters. The van der Waals surface area contributed by atoms with Gasteiger partial charge >= 0.3 is 0 Å². The molecule has 2 aromatic carbocycles. The molecule has 0 spiro atoms. The summed E-state index contributed by atoms with van der Waals surface area (Å²) in [5, 5.41) is 2.77. The maximum absolute atomic E-state index is 14.9. The van der Waals surface area contributed by atoms with Crippen LogP contribution in [0, 0.1) is 11.7 Å². The number of amides is 1. The Bertz CT molecular complexity index is 1090. The molecular weight excluding hydrogens is 445 g/mol. The van der Waals surface area contributed by atoms with Gasteiger partial charge in [-0.05, 0) is 57.0 Å². The third-order valence-corrected chi connectivity index (χ3v) is 7.99. The lowest BCUT2D eigenvalue weighted by Gasteiger charge is -2.37. The summed E-state index contributed by atoms with van der Waals surface area (Å²) in [5.74, 6) is -1.21. The minimum atomic E-state index is -3.66. The van der Waals surface area contributed by atoms with Crippen LogP contribution < -0.4 is 10.2 Å². The van der Waals surface area contributed by atoms with Gasteiger partial charge in [0.05, 0.1) is 28.7 Å². The van der Waals surface area contributed by atoms with E-state index in [-0.39, 0.29) is 29.6 Å². The molecule has 2 heterocycles. The zero-order valence-electron chi connectivity index (χ0n) is 18.9. The lowest BCUT2D eigenvalue weighted by Crippen LogP contribution is -2.45. The molecule has 2 fully saturated rings. The lowest BCUT2D eigenvalue weighted by atomic mass is 9.98. The number of carbonyl (C=O) groups is 1. The van der Waals surface area contributed by atoms with Crippen LogP contribution in [0.2, 0.25) is 0 Å². The van der Waals surface area contributed by atoms with E-state index in [2.05, 4.69) is 5.32 Å². The fourth-order valence-electron chi connectivity index (χ4n) is 4.58. The van der Waals surface area contributed by atoms with Crippen molar-refractivity contribution in [3.05, 3.63) is 54.3 Å². The average molecular weight is 476 g/mol. The van der Waals surface area contributed by atoms with Crippen molar-refractivity contribution in [1.82, 2.24) is 4.31 Å². The highest BCUT2D eigenvalue weighted by molar-refractivity contribution is 7.89. The molecule has 0 radical (unpaired) electrons. The number of piperidine rings is 1. The average Bonchev–Trinajstić information content (AvgIpc) is 2.79. The zero-order chi connectivity index (χ0) is 23.6. The quantitative estimate of drug-likeness (QED) is 0.716. The Labute approximate surface area is 194 Å². The van der Waals surface area contributed by atoms with E-state index in [1.807, 2.05) is 18.7 Å². The Balaban J connectivity index is 1.42. The second-order valence-electron chi connectivity index (χ2n) is 8.83. The second kappa shape index (κ2) is 9.79. The van der Waals surface area contributed by atoms with E-state index in [9.17, 15) is 17.6 Å². The van der Waals surface area contributed by atoms with Crippen LogP contribution in [0.15, 0.2) is 53.4 Å². The molecule has 1 N–H and O–H groups in total. The van der Waals surface area contributed by atoms with Gasteiger partial charge in [-0.2, -0.15) is 4.31 Å². The molecule has 2 aliphatic rings. The third-order valence-electron chi connectivity index (χ3n) is 6.11. The number of benzene rings is 2. The van der Waals surface area contributed by atoms with Gasteiger partial charge < -0.3 is 15.0 Å². The Morgan fingerprint density at radius 1 is 1.06 bits per heavy atom. The maximum atomic E-state index is 14.9. The standard InChI is InChI=1S/C24H30FN3O4S/c1-17-14-27(15-18(2)32-17)23-11-10-20(13-22(23)25)26-24(29)19-7-6-12-28(16-19)33(30,31)21-8-4-3-5-9-21/h3-5,8-11,13,17-19H,6-7,12,14-16H2,1-2H3,(H,26,29). The van der Waals surface area contributed by atoms with Crippen LogP contribution in [-0.4, -0.2) is 57.0 Å². The van der Waals surface area contributed by atoms with Crippen molar-refractivity contribution < 1.29 is 22.3 Å². The summed E-state index contributed by atoms with van der Waals surface area (Å²) in [5.41, 5.74) is 0.839. The molecule has 2 saturated heterocycles. The Morgan fingerprint density at radius 2 is 1.76 bits per heavy atom. The molecule has 9 heteroatoms. The molecule has 7 nitrogen and oxygen atoms in total. The van der Waals surface area contributed by atoms with E-state index >= 15 is 0 Å². The van der Waals surface area contributed by atoms with Crippen LogP contribution in [0.3, 0.4) is 0 Å². The van der Waals surface area contributed by atoms with Crippen molar-refractivity contribution in [2.45, 2.75) is 43.8 Å². The van der Waals surface area contributed by atoms with Gasteiger partial charge in [0.25, 0.3) is 0 Å². The van der Waals surface area contributed by atoms with Crippen LogP contribution in [0.1, 0.15) is 26.7 Å². The van der Waals surface area contributed by atoms with Crippen molar-refractivity contribution in [2.75, 3.05) is 36.4 Å². The highest BCUT2D eigenvalue weighted by atomic mass is 32.2. The maximum Gasteiger partial charge on any atom is 0.243 e. The highest BCUT2D eigenvalue weighted by Gasteiger charge is 2.33. The number of halogens is 1. The summed E-state index contributed by atoms with van der Waals surface area (Å²) in [7, 11) is -3.66. The smallest absolute Gasteiger partial charge is 0.243 e. The van der Waals surface area contributed by atoms with Crippen molar-refractivity contribution in [3.63, 3.8) is 0 Å². The first-order valence-electron chi connectivity index (χ1n) is 11.3. The second-order valence-corrected chi connectivity index (χ2v) is 10.8. The summed E-state index contributed by atoms with van der Waals surface area (Å²) in [4.78, 5) is 15.0.